The molecule has 0 aromatic carbocycles. The molecular weight excluding hydrogens is 310 g/mol. The lowest BCUT2D eigenvalue weighted by Gasteiger charge is -2.29. The Morgan fingerprint density at radius 3 is 2.67 bits per heavy atom. The predicted octanol–water partition coefficient (Wildman–Crippen LogP) is 1.08. The molecule has 8 nitrogen and oxygen atoms in total. The van der Waals surface area contributed by atoms with Crippen molar-refractivity contribution in [3.8, 4) is 11.6 Å². The van der Waals surface area contributed by atoms with Crippen LogP contribution < -0.4 is 5.76 Å². The summed E-state index contributed by atoms with van der Waals surface area (Å²) in [5, 5.41) is 3.73. The Labute approximate surface area is 138 Å². The monoisotopic (exact) mass is 329 g/mol. The SMILES string of the molecule is C[C@H](C1CC1)N(C(=O)Cn1c(-c2ncccn2)noc1=O)C1CC1. The number of hydrogen-bond acceptors (Lipinski definition) is 6. The van der Waals surface area contributed by atoms with Gasteiger partial charge in [-0.2, -0.15) is 0 Å². The summed E-state index contributed by atoms with van der Waals surface area (Å²) in [6, 6.07) is 2.20. The smallest absolute Gasteiger partial charge is 0.335 e. The first-order valence-electron chi connectivity index (χ1n) is 8.30. The molecule has 2 saturated carbocycles. The van der Waals surface area contributed by atoms with E-state index in [1.807, 2.05) is 4.90 Å². The van der Waals surface area contributed by atoms with E-state index >= 15 is 0 Å². The minimum absolute atomic E-state index is 0.0700. The summed E-state index contributed by atoms with van der Waals surface area (Å²) in [5.74, 6) is 0.304. The maximum absolute atomic E-state index is 12.9. The summed E-state index contributed by atoms with van der Waals surface area (Å²) in [4.78, 5) is 34.9. The molecular formula is C16H19N5O3. The molecule has 0 radical (unpaired) electrons. The van der Waals surface area contributed by atoms with Crippen LogP contribution in [0.25, 0.3) is 11.6 Å². The minimum atomic E-state index is -0.666. The topological polar surface area (TPSA) is 94.1 Å². The van der Waals surface area contributed by atoms with Crippen molar-refractivity contribution < 1.29 is 9.32 Å². The quantitative estimate of drug-likeness (QED) is 0.787. The standard InChI is InChI=1S/C16H19N5O3/c1-10(11-3-4-11)21(12-5-6-12)13(22)9-20-15(19-24-16(20)23)14-17-7-2-8-18-14/h2,7-8,10-12H,3-6,9H2,1H3/t10-/m1/s1. The second-order valence-corrected chi connectivity index (χ2v) is 6.54. The number of amides is 1. The van der Waals surface area contributed by atoms with Gasteiger partial charge in [0.2, 0.25) is 11.7 Å². The third kappa shape index (κ3) is 2.83. The highest BCUT2D eigenvalue weighted by Gasteiger charge is 2.41. The molecule has 0 bridgehead atoms. The number of aromatic nitrogens is 4. The highest BCUT2D eigenvalue weighted by molar-refractivity contribution is 5.77. The third-order valence-electron chi connectivity index (χ3n) is 4.72. The van der Waals surface area contributed by atoms with Crippen LogP contribution >= 0.6 is 0 Å². The molecule has 8 heteroatoms. The molecule has 2 heterocycles. The van der Waals surface area contributed by atoms with Crippen molar-refractivity contribution in [2.75, 3.05) is 0 Å². The summed E-state index contributed by atoms with van der Waals surface area (Å²) in [6.07, 6.45) is 7.53. The van der Waals surface area contributed by atoms with Crippen LogP contribution in [0.5, 0.6) is 0 Å². The lowest BCUT2D eigenvalue weighted by atomic mass is 10.1. The zero-order valence-electron chi connectivity index (χ0n) is 13.5. The Morgan fingerprint density at radius 1 is 1.33 bits per heavy atom. The van der Waals surface area contributed by atoms with Crippen LogP contribution in [-0.2, 0) is 11.3 Å². The molecule has 2 aromatic rings. The van der Waals surface area contributed by atoms with E-state index in [2.05, 4.69) is 22.0 Å². The fourth-order valence-corrected chi connectivity index (χ4v) is 3.12. The molecule has 0 N–H and O–H groups in total. The van der Waals surface area contributed by atoms with Gasteiger partial charge in [-0.25, -0.2) is 19.3 Å². The number of nitrogens with zero attached hydrogens (tertiary/aromatic N) is 5. The molecule has 126 valence electrons. The maximum atomic E-state index is 12.9. The molecule has 0 spiro atoms. The average molecular weight is 329 g/mol. The van der Waals surface area contributed by atoms with Crippen molar-refractivity contribution in [3.63, 3.8) is 0 Å². The summed E-state index contributed by atoms with van der Waals surface area (Å²) in [7, 11) is 0. The van der Waals surface area contributed by atoms with E-state index < -0.39 is 5.76 Å². The normalized spacial score (nSPS) is 18.4. The van der Waals surface area contributed by atoms with E-state index in [0.717, 1.165) is 12.8 Å². The van der Waals surface area contributed by atoms with Crippen LogP contribution in [0.2, 0.25) is 0 Å². The molecule has 2 aromatic heterocycles. The lowest BCUT2D eigenvalue weighted by molar-refractivity contribution is -0.135. The van der Waals surface area contributed by atoms with E-state index in [0.29, 0.717) is 12.0 Å². The zero-order valence-corrected chi connectivity index (χ0v) is 13.5. The van der Waals surface area contributed by atoms with Crippen molar-refractivity contribution in [1.29, 1.82) is 0 Å². The Bertz CT molecular complexity index is 792. The number of rotatable bonds is 6. The van der Waals surface area contributed by atoms with Gasteiger partial charge in [0.15, 0.2) is 5.82 Å². The average Bonchev–Trinajstić information content (AvgIpc) is 3.48. The van der Waals surface area contributed by atoms with Crippen molar-refractivity contribution in [2.24, 2.45) is 5.92 Å². The van der Waals surface area contributed by atoms with Gasteiger partial charge in [0, 0.05) is 24.5 Å². The van der Waals surface area contributed by atoms with Crippen LogP contribution in [0.3, 0.4) is 0 Å². The first-order chi connectivity index (χ1) is 11.6. The summed E-state index contributed by atoms with van der Waals surface area (Å²) in [6.45, 7) is 2.01. The van der Waals surface area contributed by atoms with Gasteiger partial charge in [-0.3, -0.25) is 9.32 Å². The van der Waals surface area contributed by atoms with Crippen LogP contribution in [0.15, 0.2) is 27.8 Å². The van der Waals surface area contributed by atoms with Gasteiger partial charge in [-0.05, 0) is 44.6 Å². The van der Waals surface area contributed by atoms with Gasteiger partial charge in [-0.1, -0.05) is 5.16 Å². The number of carbonyl (C=O) groups is 1. The number of hydrogen-bond donors (Lipinski definition) is 0. The van der Waals surface area contributed by atoms with Crippen LogP contribution in [-0.4, -0.2) is 42.6 Å². The van der Waals surface area contributed by atoms with E-state index in [9.17, 15) is 9.59 Å². The zero-order chi connectivity index (χ0) is 16.7. The van der Waals surface area contributed by atoms with Gasteiger partial charge in [0.25, 0.3) is 0 Å². The molecule has 0 aliphatic heterocycles. The second-order valence-electron chi connectivity index (χ2n) is 6.54. The fourth-order valence-electron chi connectivity index (χ4n) is 3.12. The number of carbonyl (C=O) groups excluding carboxylic acids is 1. The van der Waals surface area contributed by atoms with E-state index in [4.69, 9.17) is 4.52 Å². The van der Waals surface area contributed by atoms with Crippen molar-refractivity contribution in [1.82, 2.24) is 24.6 Å². The van der Waals surface area contributed by atoms with Crippen LogP contribution in [0.4, 0.5) is 0 Å². The molecule has 2 aliphatic carbocycles. The van der Waals surface area contributed by atoms with Gasteiger partial charge < -0.3 is 4.90 Å². The molecule has 1 atom stereocenters. The van der Waals surface area contributed by atoms with Crippen molar-refractivity contribution in [2.45, 2.75) is 51.2 Å². The molecule has 1 amide bonds. The van der Waals surface area contributed by atoms with E-state index in [1.54, 1.807) is 18.5 Å². The van der Waals surface area contributed by atoms with E-state index in [1.165, 1.54) is 17.4 Å². The summed E-state index contributed by atoms with van der Waals surface area (Å²) < 4.78 is 5.95. The molecule has 24 heavy (non-hydrogen) atoms. The van der Waals surface area contributed by atoms with E-state index in [-0.39, 0.29) is 30.1 Å². The van der Waals surface area contributed by atoms with Crippen molar-refractivity contribution >= 4 is 5.91 Å². The Balaban J connectivity index is 1.59. The highest BCUT2D eigenvalue weighted by atomic mass is 16.5. The van der Waals surface area contributed by atoms with Crippen molar-refractivity contribution in [3.05, 3.63) is 29.0 Å². The predicted molar refractivity (Wildman–Crippen MR) is 83.8 cm³/mol. The third-order valence-corrected chi connectivity index (χ3v) is 4.72. The first-order valence-corrected chi connectivity index (χ1v) is 8.30. The van der Waals surface area contributed by atoms with Gasteiger partial charge in [-0.15, -0.1) is 0 Å². The Hall–Kier alpha value is -2.51. The molecule has 0 saturated heterocycles. The lowest BCUT2D eigenvalue weighted by Crippen LogP contribution is -2.44. The first kappa shape index (κ1) is 15.0. The summed E-state index contributed by atoms with van der Waals surface area (Å²) >= 11 is 0. The Kier molecular flexibility index (Phi) is 3.66. The molecule has 2 fully saturated rings. The molecule has 0 unspecified atom stereocenters. The van der Waals surface area contributed by atoms with Gasteiger partial charge >= 0.3 is 5.76 Å². The second kappa shape index (κ2) is 5.85. The fraction of sp³-hybridized carbons (Fsp3) is 0.562. The molecule has 2 aliphatic rings. The van der Waals surface area contributed by atoms with Gasteiger partial charge in [0.1, 0.15) is 6.54 Å². The minimum Gasteiger partial charge on any atom is -0.335 e. The summed E-state index contributed by atoms with van der Waals surface area (Å²) in [5.41, 5.74) is 0. The maximum Gasteiger partial charge on any atom is 0.442 e. The Morgan fingerprint density at radius 2 is 2.04 bits per heavy atom. The molecule has 4 rings (SSSR count). The highest BCUT2D eigenvalue weighted by Crippen LogP contribution is 2.39. The largest absolute Gasteiger partial charge is 0.442 e. The van der Waals surface area contributed by atoms with Crippen LogP contribution in [0, 0.1) is 5.92 Å². The van der Waals surface area contributed by atoms with Crippen LogP contribution in [0.1, 0.15) is 32.6 Å². The van der Waals surface area contributed by atoms with Gasteiger partial charge in [0.05, 0.1) is 0 Å².